The fraction of sp³-hybridized carbons (Fsp3) is 0.529. The topological polar surface area (TPSA) is 35.1 Å². The zero-order chi connectivity index (χ0) is 13.8. The molecule has 1 saturated carbocycles. The van der Waals surface area contributed by atoms with Gasteiger partial charge >= 0.3 is 0 Å². The van der Waals surface area contributed by atoms with Crippen LogP contribution in [0, 0.1) is 11.1 Å². The summed E-state index contributed by atoms with van der Waals surface area (Å²) in [6.07, 6.45) is 11.8. The molecule has 0 bridgehead atoms. The molecular formula is C17H24N2O. The Kier molecular flexibility index (Phi) is 4.20. The Morgan fingerprint density at radius 3 is 2.80 bits per heavy atom. The third-order valence-corrected chi connectivity index (χ3v) is 4.66. The van der Waals surface area contributed by atoms with E-state index in [0.29, 0.717) is 13.1 Å². The van der Waals surface area contributed by atoms with Crippen LogP contribution in [-0.4, -0.2) is 13.1 Å². The molecule has 1 unspecified atom stereocenters. The molecule has 1 atom stereocenters. The zero-order valence-electron chi connectivity index (χ0n) is 12.1. The first-order chi connectivity index (χ1) is 9.78. The van der Waals surface area contributed by atoms with Gasteiger partial charge in [-0.1, -0.05) is 56.4 Å². The summed E-state index contributed by atoms with van der Waals surface area (Å²) in [5.74, 6) is 0.748. The maximum absolute atomic E-state index is 13.2. The molecule has 20 heavy (non-hydrogen) atoms. The second-order valence-electron chi connectivity index (χ2n) is 6.08. The van der Waals surface area contributed by atoms with Gasteiger partial charge in [-0.25, -0.2) is 4.76 Å². The van der Waals surface area contributed by atoms with Crippen LogP contribution in [0.25, 0.3) is 6.08 Å². The molecule has 1 N–H and O–H groups in total. The Hall–Kier alpha value is -1.16. The molecule has 0 radical (unpaired) electrons. The van der Waals surface area contributed by atoms with Crippen LogP contribution >= 0.6 is 0 Å². The molecule has 3 nitrogen and oxygen atoms in total. The van der Waals surface area contributed by atoms with Gasteiger partial charge in [0.05, 0.1) is 6.54 Å². The lowest BCUT2D eigenvalue weighted by molar-refractivity contribution is 0.239. The van der Waals surface area contributed by atoms with E-state index in [0.717, 1.165) is 23.6 Å². The highest BCUT2D eigenvalue weighted by Crippen LogP contribution is 2.31. The van der Waals surface area contributed by atoms with E-state index in [-0.39, 0.29) is 4.76 Å². The van der Waals surface area contributed by atoms with E-state index in [9.17, 15) is 5.21 Å². The van der Waals surface area contributed by atoms with E-state index in [1.807, 2.05) is 30.3 Å². The van der Waals surface area contributed by atoms with E-state index in [1.54, 1.807) is 0 Å². The highest BCUT2D eigenvalue weighted by molar-refractivity contribution is 5.66. The number of nitrogens with zero attached hydrogens (tertiary/aromatic N) is 1. The lowest BCUT2D eigenvalue weighted by atomic mass is 9.87. The van der Waals surface area contributed by atoms with Gasteiger partial charge in [0, 0.05) is 18.1 Å². The monoisotopic (exact) mass is 272 g/mol. The van der Waals surface area contributed by atoms with Crippen LogP contribution in [0.15, 0.2) is 30.3 Å². The number of nitrogens with one attached hydrogen (secondary N) is 1. The Labute approximate surface area is 121 Å². The number of hydrogen-bond donors (Lipinski definition) is 1. The lowest BCUT2D eigenvalue weighted by Gasteiger charge is -2.42. The maximum Gasteiger partial charge on any atom is 0.159 e. The molecule has 1 heterocycles. The SMILES string of the molecule is [O-][N+]1(CCC2CCCCC2)NCC=Cc2ccccc21. The highest BCUT2D eigenvalue weighted by atomic mass is 16.6. The zero-order valence-corrected chi connectivity index (χ0v) is 12.1. The second-order valence-corrected chi connectivity index (χ2v) is 6.08. The number of hydroxylamine groups is 1. The number of hydrogen-bond acceptors (Lipinski definition) is 2. The van der Waals surface area contributed by atoms with Crippen LogP contribution < -0.4 is 10.2 Å². The summed E-state index contributed by atoms with van der Waals surface area (Å²) in [7, 11) is 0. The van der Waals surface area contributed by atoms with Crippen molar-refractivity contribution in [2.75, 3.05) is 13.1 Å². The van der Waals surface area contributed by atoms with E-state index in [2.05, 4.69) is 11.5 Å². The number of rotatable bonds is 3. The first-order valence-corrected chi connectivity index (χ1v) is 7.88. The summed E-state index contributed by atoms with van der Waals surface area (Å²) in [4.78, 5) is 0. The molecule has 108 valence electrons. The molecule has 0 saturated heterocycles. The summed E-state index contributed by atoms with van der Waals surface area (Å²) in [5, 5.41) is 13.2. The van der Waals surface area contributed by atoms with Gasteiger partial charge in [-0.05, 0) is 12.0 Å². The normalized spacial score (nSPS) is 27.1. The van der Waals surface area contributed by atoms with E-state index in [4.69, 9.17) is 0 Å². The van der Waals surface area contributed by atoms with Gasteiger partial charge in [0.15, 0.2) is 5.69 Å². The molecule has 2 aliphatic rings. The molecular weight excluding hydrogens is 248 g/mol. The van der Waals surface area contributed by atoms with Crippen LogP contribution in [0.1, 0.15) is 44.1 Å². The summed E-state index contributed by atoms with van der Waals surface area (Å²) in [6.45, 7) is 1.28. The highest BCUT2D eigenvalue weighted by Gasteiger charge is 2.26. The third-order valence-electron chi connectivity index (χ3n) is 4.66. The molecule has 1 aliphatic heterocycles. The van der Waals surface area contributed by atoms with Gasteiger partial charge in [-0.3, -0.25) is 0 Å². The smallest absolute Gasteiger partial charge is 0.159 e. The molecule has 1 aromatic carbocycles. The van der Waals surface area contributed by atoms with Crippen LogP contribution in [0.3, 0.4) is 0 Å². The van der Waals surface area contributed by atoms with Crippen molar-refractivity contribution < 1.29 is 0 Å². The Balaban J connectivity index is 1.74. The van der Waals surface area contributed by atoms with Crippen molar-refractivity contribution in [1.82, 2.24) is 10.2 Å². The average molecular weight is 272 g/mol. The minimum atomic E-state index is -0.375. The standard InChI is InChI=1S/C17H24N2O/c20-19(14-12-15-7-2-1-3-8-15)17-11-5-4-9-16(17)10-6-13-18-19/h4-6,9-11,15,18H,1-3,7-8,12-14H2. The van der Waals surface area contributed by atoms with Crippen LogP contribution in [-0.2, 0) is 0 Å². The molecule has 0 spiro atoms. The van der Waals surface area contributed by atoms with Crippen LogP contribution in [0.5, 0.6) is 0 Å². The summed E-state index contributed by atoms with van der Waals surface area (Å²) in [5.41, 5.74) is 5.06. The number of para-hydroxylation sites is 1. The Morgan fingerprint density at radius 2 is 1.95 bits per heavy atom. The maximum atomic E-state index is 13.2. The fourth-order valence-corrected chi connectivity index (χ4v) is 3.47. The van der Waals surface area contributed by atoms with Gasteiger partial charge in [0.1, 0.15) is 6.54 Å². The van der Waals surface area contributed by atoms with Crippen molar-refractivity contribution in [3.8, 4) is 0 Å². The van der Waals surface area contributed by atoms with Crippen LogP contribution in [0.4, 0.5) is 5.69 Å². The summed E-state index contributed by atoms with van der Waals surface area (Å²) >= 11 is 0. The third kappa shape index (κ3) is 2.95. The van der Waals surface area contributed by atoms with Crippen molar-refractivity contribution in [2.24, 2.45) is 5.92 Å². The minimum Gasteiger partial charge on any atom is -0.606 e. The van der Waals surface area contributed by atoms with E-state index < -0.39 is 0 Å². The van der Waals surface area contributed by atoms with Crippen molar-refractivity contribution in [1.29, 1.82) is 0 Å². The average Bonchev–Trinajstić information content (AvgIpc) is 2.67. The molecule has 1 aromatic rings. The largest absolute Gasteiger partial charge is 0.606 e. The molecule has 1 fully saturated rings. The lowest BCUT2D eigenvalue weighted by Crippen LogP contribution is -2.55. The Bertz CT molecular complexity index is 480. The summed E-state index contributed by atoms with van der Waals surface area (Å²) < 4.78 is -0.375. The minimum absolute atomic E-state index is 0.375. The van der Waals surface area contributed by atoms with Gasteiger partial charge in [-0.2, -0.15) is 5.43 Å². The first-order valence-electron chi connectivity index (χ1n) is 7.88. The molecule has 0 aromatic heterocycles. The van der Waals surface area contributed by atoms with Gasteiger partial charge in [0.2, 0.25) is 0 Å². The summed E-state index contributed by atoms with van der Waals surface area (Å²) in [6, 6.07) is 7.96. The molecule has 1 aliphatic carbocycles. The van der Waals surface area contributed by atoms with Crippen LogP contribution in [0.2, 0.25) is 0 Å². The number of benzene rings is 1. The fourth-order valence-electron chi connectivity index (χ4n) is 3.47. The van der Waals surface area contributed by atoms with Crippen molar-refractivity contribution >= 4 is 11.8 Å². The van der Waals surface area contributed by atoms with Gasteiger partial charge in [0.25, 0.3) is 0 Å². The predicted molar refractivity (Wildman–Crippen MR) is 84.7 cm³/mol. The van der Waals surface area contributed by atoms with Crippen molar-refractivity contribution in [2.45, 2.75) is 38.5 Å². The quantitative estimate of drug-likeness (QED) is 0.667. The number of quaternary nitrogens is 1. The molecule has 3 rings (SSSR count). The molecule has 3 heteroatoms. The van der Waals surface area contributed by atoms with Gasteiger partial charge < -0.3 is 5.21 Å². The van der Waals surface area contributed by atoms with Crippen molar-refractivity contribution in [3.63, 3.8) is 0 Å². The number of fused-ring (bicyclic) bond motifs is 1. The second kappa shape index (κ2) is 6.08. The molecule has 0 amide bonds. The first kappa shape index (κ1) is 13.8. The van der Waals surface area contributed by atoms with Crippen molar-refractivity contribution in [3.05, 3.63) is 41.1 Å². The Morgan fingerprint density at radius 1 is 1.15 bits per heavy atom. The van der Waals surface area contributed by atoms with Gasteiger partial charge in [-0.15, -0.1) is 0 Å². The predicted octanol–water partition coefficient (Wildman–Crippen LogP) is 3.99. The van der Waals surface area contributed by atoms with E-state index in [1.165, 1.54) is 32.1 Å². The van der Waals surface area contributed by atoms with E-state index >= 15 is 0 Å².